The summed E-state index contributed by atoms with van der Waals surface area (Å²) in [5.74, 6) is 1.83. The molecule has 0 bridgehead atoms. The minimum absolute atomic E-state index is 0.0493. The molecule has 0 saturated heterocycles. The molecule has 1 aromatic heterocycles. The fourth-order valence-electron chi connectivity index (χ4n) is 6.15. The molecule has 3 aliphatic rings. The van der Waals surface area contributed by atoms with E-state index in [9.17, 15) is 14.7 Å². The Bertz CT molecular complexity index is 1230. The van der Waals surface area contributed by atoms with Gasteiger partial charge in [-0.25, -0.2) is 4.98 Å². The predicted octanol–water partition coefficient (Wildman–Crippen LogP) is 3.87. The van der Waals surface area contributed by atoms with Crippen molar-refractivity contribution >= 4 is 35.0 Å². The van der Waals surface area contributed by atoms with Crippen LogP contribution in [0.2, 0.25) is 0 Å². The van der Waals surface area contributed by atoms with E-state index in [0.29, 0.717) is 53.7 Å². The summed E-state index contributed by atoms with van der Waals surface area (Å²) in [7, 11) is 3.35. The van der Waals surface area contributed by atoms with Gasteiger partial charge in [0.25, 0.3) is 5.91 Å². The lowest BCUT2D eigenvalue weighted by Gasteiger charge is -2.34. The first kappa shape index (κ1) is 27.2. The first-order chi connectivity index (χ1) is 18.7. The number of hydrogen-bond acceptors (Lipinski definition) is 8. The third-order valence-electron chi connectivity index (χ3n) is 8.37. The van der Waals surface area contributed by atoms with Crippen LogP contribution in [0.5, 0.6) is 5.75 Å². The number of aromatic nitrogens is 2. The lowest BCUT2D eigenvalue weighted by atomic mass is 9.91. The van der Waals surface area contributed by atoms with Gasteiger partial charge in [-0.1, -0.05) is 12.8 Å². The zero-order chi connectivity index (χ0) is 27.7. The van der Waals surface area contributed by atoms with E-state index in [1.165, 1.54) is 12.8 Å². The van der Waals surface area contributed by atoms with Gasteiger partial charge in [0.2, 0.25) is 11.9 Å². The number of aliphatic hydroxyl groups excluding tert-OH is 1. The molecule has 10 nitrogen and oxygen atoms in total. The standard InChI is InChI=1S/C29H40N6O4/c1-29(2)17-35(20-7-5-6-8-20)25-23(34(3)27(29)38)16-31-28(33-25)32-22-12-10-19(14-24(22)39-4)26(37)30-15-18-9-11-21(36)13-18/h10,12,14,16,18,20-21,36H,5-9,11,13,15,17H2,1-4H3,(H,30,37)(H,31,32,33)/t18-,21?/m1/s1. The van der Waals surface area contributed by atoms with Gasteiger partial charge in [0.15, 0.2) is 5.82 Å². The zero-order valence-corrected chi connectivity index (χ0v) is 23.4. The highest BCUT2D eigenvalue weighted by Gasteiger charge is 2.41. The number of aliphatic hydroxyl groups is 1. The van der Waals surface area contributed by atoms with Gasteiger partial charge in [-0.3, -0.25) is 9.59 Å². The minimum atomic E-state index is -0.553. The number of carbonyl (C=O) groups is 2. The van der Waals surface area contributed by atoms with E-state index in [4.69, 9.17) is 9.72 Å². The van der Waals surface area contributed by atoms with Crippen LogP contribution in [-0.2, 0) is 4.79 Å². The number of rotatable bonds is 7. The Labute approximate surface area is 230 Å². The maximum absolute atomic E-state index is 13.2. The molecule has 2 heterocycles. The minimum Gasteiger partial charge on any atom is -0.495 e. The number of amides is 2. The number of anilines is 4. The van der Waals surface area contributed by atoms with Crippen molar-refractivity contribution in [2.45, 2.75) is 70.9 Å². The molecule has 2 atom stereocenters. The molecule has 39 heavy (non-hydrogen) atoms. The van der Waals surface area contributed by atoms with Crippen molar-refractivity contribution in [2.24, 2.45) is 11.3 Å². The van der Waals surface area contributed by atoms with Gasteiger partial charge >= 0.3 is 0 Å². The summed E-state index contributed by atoms with van der Waals surface area (Å²) in [6.07, 6.45) is 8.42. The van der Waals surface area contributed by atoms with Crippen molar-refractivity contribution in [3.05, 3.63) is 30.0 Å². The van der Waals surface area contributed by atoms with E-state index in [1.54, 1.807) is 43.5 Å². The molecular weight excluding hydrogens is 496 g/mol. The Morgan fingerprint density at radius 1 is 1.21 bits per heavy atom. The second-order valence-corrected chi connectivity index (χ2v) is 11.8. The second-order valence-electron chi connectivity index (χ2n) is 11.8. The van der Waals surface area contributed by atoms with Crippen molar-refractivity contribution in [3.8, 4) is 5.75 Å². The van der Waals surface area contributed by atoms with Gasteiger partial charge in [0, 0.05) is 31.7 Å². The lowest BCUT2D eigenvalue weighted by Crippen LogP contribution is -2.45. The molecule has 5 rings (SSSR count). The average molecular weight is 537 g/mol. The predicted molar refractivity (Wildman–Crippen MR) is 151 cm³/mol. The van der Waals surface area contributed by atoms with Crippen LogP contribution >= 0.6 is 0 Å². The van der Waals surface area contributed by atoms with E-state index >= 15 is 0 Å². The van der Waals surface area contributed by atoms with Gasteiger partial charge in [0.1, 0.15) is 11.4 Å². The molecule has 2 saturated carbocycles. The number of nitrogens with zero attached hydrogens (tertiary/aromatic N) is 4. The number of benzene rings is 1. The first-order valence-electron chi connectivity index (χ1n) is 14.0. The molecule has 1 unspecified atom stereocenters. The van der Waals surface area contributed by atoms with Gasteiger partial charge in [-0.2, -0.15) is 4.98 Å². The maximum Gasteiger partial charge on any atom is 0.251 e. The number of carbonyl (C=O) groups excluding carboxylic acids is 2. The Morgan fingerprint density at radius 3 is 2.67 bits per heavy atom. The normalized spacial score (nSPS) is 22.9. The third-order valence-corrected chi connectivity index (χ3v) is 8.37. The van der Waals surface area contributed by atoms with E-state index < -0.39 is 5.41 Å². The van der Waals surface area contributed by atoms with Crippen LogP contribution in [0.15, 0.2) is 24.4 Å². The van der Waals surface area contributed by atoms with Crippen LogP contribution in [0.4, 0.5) is 23.1 Å². The molecule has 3 N–H and O–H groups in total. The number of ether oxygens (including phenoxy) is 1. The largest absolute Gasteiger partial charge is 0.495 e. The maximum atomic E-state index is 13.2. The van der Waals surface area contributed by atoms with Crippen LogP contribution in [0.25, 0.3) is 0 Å². The van der Waals surface area contributed by atoms with Crippen LogP contribution in [0, 0.1) is 11.3 Å². The Morgan fingerprint density at radius 2 is 1.97 bits per heavy atom. The van der Waals surface area contributed by atoms with Gasteiger partial charge in [-0.05, 0) is 70.1 Å². The average Bonchev–Trinajstić information content (AvgIpc) is 3.60. The summed E-state index contributed by atoms with van der Waals surface area (Å²) in [6.45, 7) is 5.13. The highest BCUT2D eigenvalue weighted by molar-refractivity contribution is 6.01. The number of hydrogen-bond donors (Lipinski definition) is 3. The Balaban J connectivity index is 1.37. The van der Waals surface area contributed by atoms with Crippen LogP contribution in [0.3, 0.4) is 0 Å². The van der Waals surface area contributed by atoms with Crippen molar-refractivity contribution < 1.29 is 19.4 Å². The molecule has 2 aromatic rings. The number of nitrogens with one attached hydrogen (secondary N) is 2. The summed E-state index contributed by atoms with van der Waals surface area (Å²) in [5, 5.41) is 16.0. The molecule has 0 radical (unpaired) electrons. The van der Waals surface area contributed by atoms with Gasteiger partial charge in [0.05, 0.1) is 30.5 Å². The number of methoxy groups -OCH3 is 1. The van der Waals surface area contributed by atoms with Crippen LogP contribution in [0.1, 0.15) is 69.2 Å². The summed E-state index contributed by atoms with van der Waals surface area (Å²) in [5.41, 5.74) is 1.28. The van der Waals surface area contributed by atoms with E-state index in [1.807, 2.05) is 13.8 Å². The Kier molecular flexibility index (Phi) is 7.66. The topological polar surface area (TPSA) is 120 Å². The summed E-state index contributed by atoms with van der Waals surface area (Å²) in [4.78, 5) is 39.4. The van der Waals surface area contributed by atoms with Crippen molar-refractivity contribution in [2.75, 3.05) is 42.4 Å². The van der Waals surface area contributed by atoms with Crippen LogP contribution < -0.4 is 25.2 Å². The van der Waals surface area contributed by atoms with Gasteiger partial charge in [-0.15, -0.1) is 0 Å². The Hall–Kier alpha value is -3.40. The summed E-state index contributed by atoms with van der Waals surface area (Å²) in [6, 6.07) is 5.57. The summed E-state index contributed by atoms with van der Waals surface area (Å²) < 4.78 is 5.60. The molecule has 1 aromatic carbocycles. The van der Waals surface area contributed by atoms with Crippen molar-refractivity contribution in [1.82, 2.24) is 15.3 Å². The smallest absolute Gasteiger partial charge is 0.251 e. The third kappa shape index (κ3) is 5.66. The molecular formula is C29H40N6O4. The quantitative estimate of drug-likeness (QED) is 0.488. The first-order valence-corrected chi connectivity index (χ1v) is 14.0. The number of fused-ring (bicyclic) bond motifs is 1. The van der Waals surface area contributed by atoms with Crippen LogP contribution in [-0.4, -0.2) is 66.3 Å². The lowest BCUT2D eigenvalue weighted by molar-refractivity contribution is -0.125. The SMILES string of the molecule is COc1cc(C(=O)NC[C@@H]2CCC(O)C2)ccc1Nc1ncc2c(n1)N(C1CCCC1)CC(C)(C)C(=O)N2C. The molecule has 2 amide bonds. The van der Waals surface area contributed by atoms with E-state index in [-0.39, 0.29) is 17.9 Å². The fourth-order valence-corrected chi connectivity index (χ4v) is 6.15. The zero-order valence-electron chi connectivity index (χ0n) is 23.4. The van der Waals surface area contributed by atoms with E-state index in [2.05, 4.69) is 20.5 Å². The van der Waals surface area contributed by atoms with Gasteiger partial charge < -0.3 is 30.3 Å². The monoisotopic (exact) mass is 536 g/mol. The fraction of sp³-hybridized carbons (Fsp3) is 0.586. The van der Waals surface area contributed by atoms with E-state index in [0.717, 1.165) is 37.9 Å². The second kappa shape index (κ2) is 11.0. The molecule has 210 valence electrons. The molecule has 2 fully saturated rings. The molecule has 0 spiro atoms. The van der Waals surface area contributed by atoms with Crippen molar-refractivity contribution in [3.63, 3.8) is 0 Å². The molecule has 10 heteroatoms. The highest BCUT2D eigenvalue weighted by Crippen LogP contribution is 2.40. The molecule has 1 aliphatic heterocycles. The van der Waals surface area contributed by atoms with Crippen molar-refractivity contribution in [1.29, 1.82) is 0 Å². The highest BCUT2D eigenvalue weighted by atomic mass is 16.5. The summed E-state index contributed by atoms with van der Waals surface area (Å²) >= 11 is 0. The molecule has 2 aliphatic carbocycles.